The van der Waals surface area contributed by atoms with Gasteiger partial charge < -0.3 is 29.8 Å². The van der Waals surface area contributed by atoms with Crippen molar-refractivity contribution >= 4 is 22.5 Å². The SMILES string of the molecule is COc1cc2nc(CN3CC(C(N)=O)Oc4ccccc43)[nH]c(=O)c2cc1OC. The van der Waals surface area contributed by atoms with Crippen LogP contribution < -0.4 is 30.4 Å². The van der Waals surface area contributed by atoms with Gasteiger partial charge in [0.05, 0.1) is 43.9 Å². The summed E-state index contributed by atoms with van der Waals surface area (Å²) >= 11 is 0. The summed E-state index contributed by atoms with van der Waals surface area (Å²) < 4.78 is 16.2. The van der Waals surface area contributed by atoms with E-state index in [0.29, 0.717) is 34.0 Å². The van der Waals surface area contributed by atoms with Gasteiger partial charge in [-0.1, -0.05) is 12.1 Å². The average Bonchev–Trinajstić information content (AvgIpc) is 2.72. The summed E-state index contributed by atoms with van der Waals surface area (Å²) in [6.45, 7) is 0.518. The number of hydrogen-bond donors (Lipinski definition) is 2. The molecule has 2 heterocycles. The van der Waals surface area contributed by atoms with Crippen molar-refractivity contribution in [1.82, 2.24) is 9.97 Å². The molecular formula is C20H20N4O5. The first-order chi connectivity index (χ1) is 14.0. The van der Waals surface area contributed by atoms with E-state index in [2.05, 4.69) is 9.97 Å². The van der Waals surface area contributed by atoms with Crippen LogP contribution in [0.3, 0.4) is 0 Å². The quantitative estimate of drug-likeness (QED) is 0.665. The average molecular weight is 396 g/mol. The number of benzene rings is 2. The highest BCUT2D eigenvalue weighted by molar-refractivity contribution is 5.82. The molecule has 9 heteroatoms. The number of primary amides is 1. The Balaban J connectivity index is 1.74. The van der Waals surface area contributed by atoms with Crippen LogP contribution in [0.25, 0.3) is 10.9 Å². The van der Waals surface area contributed by atoms with Crippen molar-refractivity contribution in [3.05, 3.63) is 52.6 Å². The van der Waals surface area contributed by atoms with Crippen LogP contribution in [-0.2, 0) is 11.3 Å². The Morgan fingerprint density at radius 2 is 2.00 bits per heavy atom. The molecule has 1 atom stereocenters. The Labute approximate surface area is 166 Å². The monoisotopic (exact) mass is 396 g/mol. The van der Waals surface area contributed by atoms with E-state index in [0.717, 1.165) is 5.69 Å². The smallest absolute Gasteiger partial charge is 0.260 e. The zero-order valence-corrected chi connectivity index (χ0v) is 16.0. The second-order valence-electron chi connectivity index (χ2n) is 6.59. The number of anilines is 1. The van der Waals surface area contributed by atoms with Crippen LogP contribution in [0.15, 0.2) is 41.2 Å². The van der Waals surface area contributed by atoms with Gasteiger partial charge in [-0.3, -0.25) is 9.59 Å². The Morgan fingerprint density at radius 1 is 1.28 bits per heavy atom. The fourth-order valence-electron chi connectivity index (χ4n) is 3.37. The van der Waals surface area contributed by atoms with Crippen molar-refractivity contribution in [2.75, 3.05) is 25.7 Å². The van der Waals surface area contributed by atoms with Gasteiger partial charge in [-0.2, -0.15) is 0 Å². The lowest BCUT2D eigenvalue weighted by atomic mass is 10.1. The highest BCUT2D eigenvalue weighted by atomic mass is 16.5. The molecule has 0 saturated heterocycles. The summed E-state index contributed by atoms with van der Waals surface area (Å²) in [5, 5.41) is 0.392. The number of aromatic amines is 1. The minimum atomic E-state index is -0.790. The van der Waals surface area contributed by atoms with Gasteiger partial charge in [0.2, 0.25) is 0 Å². The van der Waals surface area contributed by atoms with E-state index in [9.17, 15) is 9.59 Å². The highest BCUT2D eigenvalue weighted by Crippen LogP contribution is 2.34. The Morgan fingerprint density at radius 3 is 2.72 bits per heavy atom. The normalized spacial score (nSPS) is 15.5. The molecule has 1 aliphatic rings. The Hall–Kier alpha value is -3.75. The van der Waals surface area contributed by atoms with E-state index in [1.54, 1.807) is 18.2 Å². The number of nitrogens with one attached hydrogen (secondary N) is 1. The number of carbonyl (C=O) groups excluding carboxylic acids is 1. The van der Waals surface area contributed by atoms with Crippen molar-refractivity contribution in [1.29, 1.82) is 0 Å². The lowest BCUT2D eigenvalue weighted by Crippen LogP contribution is -2.47. The molecule has 1 unspecified atom stereocenters. The fourth-order valence-corrected chi connectivity index (χ4v) is 3.37. The van der Waals surface area contributed by atoms with Crippen molar-refractivity contribution in [3.63, 3.8) is 0 Å². The first kappa shape index (κ1) is 18.6. The lowest BCUT2D eigenvalue weighted by Gasteiger charge is -2.34. The van der Waals surface area contributed by atoms with Crippen LogP contribution in [-0.4, -0.2) is 42.7 Å². The molecule has 1 aromatic heterocycles. The molecule has 29 heavy (non-hydrogen) atoms. The number of fused-ring (bicyclic) bond motifs is 2. The van der Waals surface area contributed by atoms with Crippen LogP contribution in [0.2, 0.25) is 0 Å². The molecule has 4 rings (SSSR count). The summed E-state index contributed by atoms with van der Waals surface area (Å²) in [6, 6.07) is 10.6. The molecule has 0 spiro atoms. The van der Waals surface area contributed by atoms with Gasteiger partial charge in [0.1, 0.15) is 11.6 Å². The number of rotatable bonds is 5. The van der Waals surface area contributed by atoms with Crippen LogP contribution in [0, 0.1) is 0 Å². The lowest BCUT2D eigenvalue weighted by molar-refractivity contribution is -0.124. The van der Waals surface area contributed by atoms with Crippen LogP contribution in [0.4, 0.5) is 5.69 Å². The van der Waals surface area contributed by atoms with Gasteiger partial charge in [-0.25, -0.2) is 4.98 Å². The predicted octanol–water partition coefficient (Wildman–Crippen LogP) is 1.19. The number of amides is 1. The Bertz CT molecular complexity index is 1140. The summed E-state index contributed by atoms with van der Waals surface area (Å²) in [7, 11) is 3.02. The zero-order chi connectivity index (χ0) is 20.5. The molecule has 2 aromatic carbocycles. The number of carbonyl (C=O) groups is 1. The minimum absolute atomic E-state index is 0.250. The largest absolute Gasteiger partial charge is 0.493 e. The van der Waals surface area contributed by atoms with Crippen LogP contribution in [0.1, 0.15) is 5.82 Å². The van der Waals surface area contributed by atoms with Crippen LogP contribution in [0.5, 0.6) is 17.2 Å². The molecule has 1 aliphatic heterocycles. The summed E-state index contributed by atoms with van der Waals surface area (Å²) in [5.41, 5.74) is 6.43. The third-order valence-corrected chi connectivity index (χ3v) is 4.78. The standard InChI is InChI=1S/C20H20N4O5/c1-27-15-7-11-12(8-16(15)28-2)22-18(23-20(11)26)10-24-9-17(19(21)25)29-14-6-4-3-5-13(14)24/h3-8,17H,9-10H2,1-2H3,(H2,21,25)(H,22,23,26). The van der Waals surface area contributed by atoms with Crippen molar-refractivity contribution in [3.8, 4) is 17.2 Å². The molecule has 0 bridgehead atoms. The van der Waals surface area contributed by atoms with E-state index < -0.39 is 12.0 Å². The maximum absolute atomic E-state index is 12.6. The molecule has 3 aromatic rings. The van der Waals surface area contributed by atoms with E-state index >= 15 is 0 Å². The molecule has 150 valence electrons. The summed E-state index contributed by atoms with van der Waals surface area (Å²) in [5.74, 6) is 1.37. The number of H-pyrrole nitrogens is 1. The molecule has 9 nitrogen and oxygen atoms in total. The van der Waals surface area contributed by atoms with Crippen LogP contribution >= 0.6 is 0 Å². The highest BCUT2D eigenvalue weighted by Gasteiger charge is 2.29. The van der Waals surface area contributed by atoms with E-state index in [-0.39, 0.29) is 18.6 Å². The van der Waals surface area contributed by atoms with E-state index in [1.807, 2.05) is 23.1 Å². The minimum Gasteiger partial charge on any atom is -0.493 e. The second-order valence-corrected chi connectivity index (χ2v) is 6.59. The van der Waals surface area contributed by atoms with Crippen molar-refractivity contribution < 1.29 is 19.0 Å². The van der Waals surface area contributed by atoms with E-state index in [4.69, 9.17) is 19.9 Å². The number of para-hydroxylation sites is 2. The molecule has 0 fully saturated rings. The van der Waals surface area contributed by atoms with Gasteiger partial charge in [0.25, 0.3) is 11.5 Å². The summed E-state index contributed by atoms with van der Waals surface area (Å²) in [4.78, 5) is 33.6. The number of aromatic nitrogens is 2. The topological polar surface area (TPSA) is 120 Å². The van der Waals surface area contributed by atoms with Crippen molar-refractivity contribution in [2.24, 2.45) is 5.73 Å². The molecule has 1 amide bonds. The third-order valence-electron chi connectivity index (χ3n) is 4.78. The van der Waals surface area contributed by atoms with Gasteiger partial charge in [-0.05, 0) is 18.2 Å². The van der Waals surface area contributed by atoms with Gasteiger partial charge in [-0.15, -0.1) is 0 Å². The number of nitrogens with zero attached hydrogens (tertiary/aromatic N) is 2. The number of methoxy groups -OCH3 is 2. The first-order valence-corrected chi connectivity index (χ1v) is 8.95. The predicted molar refractivity (Wildman–Crippen MR) is 107 cm³/mol. The number of hydrogen-bond acceptors (Lipinski definition) is 7. The maximum atomic E-state index is 12.6. The Kier molecular flexibility index (Phi) is 4.71. The van der Waals surface area contributed by atoms with E-state index in [1.165, 1.54) is 14.2 Å². The molecular weight excluding hydrogens is 376 g/mol. The molecule has 0 radical (unpaired) electrons. The third kappa shape index (κ3) is 3.42. The molecule has 0 aliphatic carbocycles. The molecule has 3 N–H and O–H groups in total. The first-order valence-electron chi connectivity index (χ1n) is 8.95. The zero-order valence-electron chi connectivity index (χ0n) is 16.0. The second kappa shape index (κ2) is 7.34. The van der Waals surface area contributed by atoms with Crippen molar-refractivity contribution in [2.45, 2.75) is 12.6 Å². The fraction of sp³-hybridized carbons (Fsp3) is 0.250. The molecule has 0 saturated carbocycles. The van der Waals surface area contributed by atoms with Gasteiger partial charge in [0, 0.05) is 6.07 Å². The number of ether oxygens (including phenoxy) is 3. The van der Waals surface area contributed by atoms with Gasteiger partial charge >= 0.3 is 0 Å². The number of nitrogens with two attached hydrogens (primary N) is 1. The summed E-state index contributed by atoms with van der Waals surface area (Å²) in [6.07, 6.45) is -0.790. The maximum Gasteiger partial charge on any atom is 0.260 e. The van der Waals surface area contributed by atoms with Gasteiger partial charge in [0.15, 0.2) is 17.6 Å².